The van der Waals surface area contributed by atoms with E-state index in [9.17, 15) is 0 Å². The van der Waals surface area contributed by atoms with E-state index < -0.39 is 0 Å². The normalized spacial score (nSPS) is 17.8. The van der Waals surface area contributed by atoms with Crippen LogP contribution in [-0.4, -0.2) is 41.5 Å². The minimum atomic E-state index is 0.324. The Kier molecular flexibility index (Phi) is 4.10. The Hall–Kier alpha value is -0.910. The highest BCUT2D eigenvalue weighted by molar-refractivity contribution is 7.18. The van der Waals surface area contributed by atoms with E-state index in [0.29, 0.717) is 5.28 Å². The zero-order valence-corrected chi connectivity index (χ0v) is 13.4. The van der Waals surface area contributed by atoms with Gasteiger partial charge in [0.1, 0.15) is 10.6 Å². The lowest BCUT2D eigenvalue weighted by molar-refractivity contribution is 0.226. The standard InChI is InChI=1S/C14H19ClN4S/c1-9-7-11-12(17-14(15)18-13(11)20-9)16-8-10-3-5-19(2)6-4-10/h7,10H,3-6,8H2,1-2H3,(H,16,17,18). The molecule has 0 bridgehead atoms. The summed E-state index contributed by atoms with van der Waals surface area (Å²) in [4.78, 5) is 13.2. The molecule has 2 aromatic heterocycles. The molecule has 0 atom stereocenters. The number of likely N-dealkylation sites (tertiary alicyclic amines) is 1. The minimum absolute atomic E-state index is 0.324. The molecule has 3 rings (SSSR count). The summed E-state index contributed by atoms with van der Waals surface area (Å²) in [5.74, 6) is 1.60. The first-order valence-corrected chi connectivity index (χ1v) is 8.17. The van der Waals surface area contributed by atoms with Crippen molar-refractivity contribution in [3.05, 3.63) is 16.2 Å². The summed E-state index contributed by atoms with van der Waals surface area (Å²) in [5, 5.41) is 4.89. The van der Waals surface area contributed by atoms with Gasteiger partial charge in [0.25, 0.3) is 0 Å². The van der Waals surface area contributed by atoms with Crippen molar-refractivity contribution in [1.82, 2.24) is 14.9 Å². The van der Waals surface area contributed by atoms with Gasteiger partial charge in [0.15, 0.2) is 0 Å². The van der Waals surface area contributed by atoms with Crippen LogP contribution >= 0.6 is 22.9 Å². The van der Waals surface area contributed by atoms with Crippen LogP contribution in [0.5, 0.6) is 0 Å². The molecule has 0 radical (unpaired) electrons. The number of anilines is 1. The number of thiophene rings is 1. The number of halogens is 1. The number of nitrogens with one attached hydrogen (secondary N) is 1. The number of rotatable bonds is 3. The SMILES string of the molecule is Cc1cc2c(NCC3CCN(C)CC3)nc(Cl)nc2s1. The van der Waals surface area contributed by atoms with Crippen LogP contribution in [-0.2, 0) is 0 Å². The summed E-state index contributed by atoms with van der Waals surface area (Å²) >= 11 is 7.67. The Labute approximate surface area is 128 Å². The van der Waals surface area contributed by atoms with Gasteiger partial charge in [0.05, 0.1) is 5.39 Å². The summed E-state index contributed by atoms with van der Waals surface area (Å²) in [6.45, 7) is 5.42. The average Bonchev–Trinajstić information content (AvgIpc) is 2.78. The van der Waals surface area contributed by atoms with Crippen molar-refractivity contribution in [3.8, 4) is 0 Å². The molecule has 1 fully saturated rings. The highest BCUT2D eigenvalue weighted by Crippen LogP contribution is 2.30. The molecule has 0 unspecified atom stereocenters. The van der Waals surface area contributed by atoms with E-state index in [1.807, 2.05) is 0 Å². The van der Waals surface area contributed by atoms with Crippen LogP contribution in [0.2, 0.25) is 5.28 Å². The van der Waals surface area contributed by atoms with Gasteiger partial charge in [0, 0.05) is 11.4 Å². The Morgan fingerprint density at radius 3 is 2.90 bits per heavy atom. The quantitative estimate of drug-likeness (QED) is 0.882. The van der Waals surface area contributed by atoms with Crippen LogP contribution in [0.15, 0.2) is 6.07 Å². The second-order valence-electron chi connectivity index (χ2n) is 5.54. The van der Waals surface area contributed by atoms with Crippen molar-refractivity contribution in [1.29, 1.82) is 0 Å². The van der Waals surface area contributed by atoms with Crippen molar-refractivity contribution >= 4 is 39.0 Å². The number of aryl methyl sites for hydroxylation is 1. The molecule has 4 nitrogen and oxygen atoms in total. The molecule has 1 aliphatic rings. The van der Waals surface area contributed by atoms with Gasteiger partial charge in [-0.1, -0.05) is 0 Å². The first kappa shape index (κ1) is 14.0. The molecule has 1 N–H and O–H groups in total. The predicted octanol–water partition coefficient (Wildman–Crippen LogP) is 3.41. The third-order valence-electron chi connectivity index (χ3n) is 3.88. The Balaban J connectivity index is 1.73. The first-order chi connectivity index (χ1) is 9.61. The van der Waals surface area contributed by atoms with Gasteiger partial charge in [0.2, 0.25) is 5.28 Å². The molecule has 0 amide bonds. The number of nitrogens with zero attached hydrogens (tertiary/aromatic N) is 3. The fourth-order valence-electron chi connectivity index (χ4n) is 2.66. The molecular weight excluding hydrogens is 292 g/mol. The van der Waals surface area contributed by atoms with Gasteiger partial charge in [-0.05, 0) is 63.5 Å². The first-order valence-electron chi connectivity index (χ1n) is 6.98. The molecule has 0 saturated carbocycles. The summed E-state index contributed by atoms with van der Waals surface area (Å²) in [6.07, 6.45) is 2.49. The Morgan fingerprint density at radius 1 is 1.40 bits per heavy atom. The summed E-state index contributed by atoms with van der Waals surface area (Å²) in [6, 6.07) is 2.13. The third kappa shape index (κ3) is 3.05. The molecule has 0 spiro atoms. The van der Waals surface area contributed by atoms with Crippen molar-refractivity contribution in [2.45, 2.75) is 19.8 Å². The zero-order chi connectivity index (χ0) is 14.1. The van der Waals surface area contributed by atoms with Gasteiger partial charge in [-0.15, -0.1) is 11.3 Å². The van der Waals surface area contributed by atoms with Gasteiger partial charge in [-0.2, -0.15) is 0 Å². The fourth-order valence-corrected chi connectivity index (χ4v) is 3.76. The highest BCUT2D eigenvalue weighted by Gasteiger charge is 2.17. The molecule has 2 aromatic rings. The van der Waals surface area contributed by atoms with E-state index in [0.717, 1.165) is 28.5 Å². The van der Waals surface area contributed by atoms with Crippen molar-refractivity contribution in [2.75, 3.05) is 32.0 Å². The minimum Gasteiger partial charge on any atom is -0.369 e. The lowest BCUT2D eigenvalue weighted by Gasteiger charge is -2.29. The van der Waals surface area contributed by atoms with Crippen molar-refractivity contribution < 1.29 is 0 Å². The van der Waals surface area contributed by atoms with E-state index in [2.05, 4.69) is 40.2 Å². The number of hydrogen-bond donors (Lipinski definition) is 1. The number of fused-ring (bicyclic) bond motifs is 1. The van der Waals surface area contributed by atoms with Crippen LogP contribution in [0.25, 0.3) is 10.2 Å². The lowest BCUT2D eigenvalue weighted by atomic mass is 9.97. The molecule has 1 aliphatic heterocycles. The summed E-state index contributed by atoms with van der Waals surface area (Å²) < 4.78 is 0. The van der Waals surface area contributed by atoms with Crippen LogP contribution in [0, 0.1) is 12.8 Å². The highest BCUT2D eigenvalue weighted by atomic mass is 35.5. The Morgan fingerprint density at radius 2 is 2.15 bits per heavy atom. The molecular formula is C14H19ClN4S. The monoisotopic (exact) mass is 310 g/mol. The Bertz CT molecular complexity index is 604. The molecule has 0 aliphatic carbocycles. The van der Waals surface area contributed by atoms with Crippen molar-refractivity contribution in [2.24, 2.45) is 5.92 Å². The predicted molar refractivity (Wildman–Crippen MR) is 85.9 cm³/mol. The smallest absolute Gasteiger partial charge is 0.225 e. The van der Waals surface area contributed by atoms with E-state index in [-0.39, 0.29) is 0 Å². The largest absolute Gasteiger partial charge is 0.369 e. The maximum Gasteiger partial charge on any atom is 0.225 e. The molecule has 0 aromatic carbocycles. The van der Waals surface area contributed by atoms with E-state index >= 15 is 0 Å². The maximum absolute atomic E-state index is 6.01. The van der Waals surface area contributed by atoms with E-state index in [1.165, 1.54) is 30.8 Å². The van der Waals surface area contributed by atoms with Gasteiger partial charge in [-0.25, -0.2) is 9.97 Å². The number of piperidine rings is 1. The second-order valence-corrected chi connectivity index (χ2v) is 7.12. The van der Waals surface area contributed by atoms with Crippen LogP contribution in [0.3, 0.4) is 0 Å². The van der Waals surface area contributed by atoms with Crippen LogP contribution in [0.1, 0.15) is 17.7 Å². The molecule has 6 heteroatoms. The maximum atomic E-state index is 6.01. The molecule has 1 saturated heterocycles. The average molecular weight is 311 g/mol. The van der Waals surface area contributed by atoms with E-state index in [4.69, 9.17) is 11.6 Å². The molecule has 3 heterocycles. The topological polar surface area (TPSA) is 41.0 Å². The fraction of sp³-hybridized carbons (Fsp3) is 0.571. The van der Waals surface area contributed by atoms with Crippen molar-refractivity contribution in [3.63, 3.8) is 0 Å². The molecule has 108 valence electrons. The zero-order valence-electron chi connectivity index (χ0n) is 11.8. The molecule has 20 heavy (non-hydrogen) atoms. The summed E-state index contributed by atoms with van der Waals surface area (Å²) in [5.41, 5.74) is 0. The van der Waals surface area contributed by atoms with Crippen LogP contribution in [0.4, 0.5) is 5.82 Å². The third-order valence-corrected chi connectivity index (χ3v) is 5.00. The van der Waals surface area contributed by atoms with Gasteiger partial charge < -0.3 is 10.2 Å². The second kappa shape index (κ2) is 5.84. The van der Waals surface area contributed by atoms with E-state index in [1.54, 1.807) is 11.3 Å². The lowest BCUT2D eigenvalue weighted by Crippen LogP contribution is -2.33. The summed E-state index contributed by atoms with van der Waals surface area (Å²) in [7, 11) is 2.19. The van der Waals surface area contributed by atoms with Gasteiger partial charge >= 0.3 is 0 Å². The number of hydrogen-bond acceptors (Lipinski definition) is 5. The van der Waals surface area contributed by atoms with Crippen LogP contribution < -0.4 is 5.32 Å². The number of aromatic nitrogens is 2. The van der Waals surface area contributed by atoms with Gasteiger partial charge in [-0.3, -0.25) is 0 Å².